The Morgan fingerprint density at radius 2 is 1.79 bits per heavy atom. The molecule has 0 radical (unpaired) electrons. The number of hydrogen-bond donors (Lipinski definition) is 1. The van der Waals surface area contributed by atoms with Crippen molar-refractivity contribution in [2.24, 2.45) is 0 Å². The van der Waals surface area contributed by atoms with E-state index in [-0.39, 0.29) is 11.4 Å². The summed E-state index contributed by atoms with van der Waals surface area (Å²) in [7, 11) is 0. The Hall–Kier alpha value is -1.68. The van der Waals surface area contributed by atoms with Crippen molar-refractivity contribution in [2.45, 2.75) is 44.6 Å². The van der Waals surface area contributed by atoms with Crippen molar-refractivity contribution in [1.29, 1.82) is 0 Å². The molecule has 1 aromatic heterocycles. The zero-order chi connectivity index (χ0) is 17.0. The first-order valence-electron chi connectivity index (χ1n) is 8.70. The van der Waals surface area contributed by atoms with Gasteiger partial charge in [0.15, 0.2) is 0 Å². The van der Waals surface area contributed by atoms with Crippen LogP contribution < -0.4 is 5.32 Å². The lowest BCUT2D eigenvalue weighted by atomic mass is 9.87. The first kappa shape index (κ1) is 17.2. The summed E-state index contributed by atoms with van der Waals surface area (Å²) in [5, 5.41) is 3.08. The maximum Gasteiger partial charge on any atom is 0.226 e. The lowest BCUT2D eigenvalue weighted by Gasteiger charge is -2.38. The Kier molecular flexibility index (Phi) is 5.34. The SMILES string of the molecule is CC(C)c1ccc(NC(=O)CC2(n3cccc3)CCSCC2)cc1. The maximum atomic E-state index is 12.7. The highest BCUT2D eigenvalue weighted by Gasteiger charge is 2.35. The van der Waals surface area contributed by atoms with Crippen LogP contribution in [-0.2, 0) is 10.3 Å². The molecule has 0 bridgehead atoms. The van der Waals surface area contributed by atoms with E-state index in [1.54, 1.807) is 0 Å². The highest BCUT2D eigenvalue weighted by Crippen LogP contribution is 2.37. The highest BCUT2D eigenvalue weighted by molar-refractivity contribution is 7.99. The molecule has 0 aliphatic carbocycles. The van der Waals surface area contributed by atoms with Gasteiger partial charge in [-0.25, -0.2) is 0 Å². The minimum atomic E-state index is -0.0727. The number of benzene rings is 1. The fourth-order valence-corrected chi connectivity index (χ4v) is 4.64. The zero-order valence-electron chi connectivity index (χ0n) is 14.5. The van der Waals surface area contributed by atoms with Gasteiger partial charge in [0, 0.05) is 18.1 Å². The van der Waals surface area contributed by atoms with Crippen LogP contribution in [-0.4, -0.2) is 22.0 Å². The first-order valence-corrected chi connectivity index (χ1v) is 9.86. The molecule has 3 nitrogen and oxygen atoms in total. The number of nitrogens with zero attached hydrogens (tertiary/aromatic N) is 1. The van der Waals surface area contributed by atoms with Crippen molar-refractivity contribution in [3.63, 3.8) is 0 Å². The second kappa shape index (κ2) is 7.47. The number of nitrogens with one attached hydrogen (secondary N) is 1. The van der Waals surface area contributed by atoms with E-state index in [4.69, 9.17) is 0 Å². The van der Waals surface area contributed by atoms with Crippen LogP contribution in [0.3, 0.4) is 0 Å². The number of rotatable bonds is 5. The molecular weight excluding hydrogens is 316 g/mol. The van der Waals surface area contributed by atoms with Gasteiger partial charge in [0.2, 0.25) is 5.91 Å². The molecule has 0 spiro atoms. The molecule has 1 aromatic carbocycles. The molecule has 0 atom stereocenters. The molecule has 128 valence electrons. The van der Waals surface area contributed by atoms with E-state index in [2.05, 4.69) is 48.3 Å². The molecular formula is C20H26N2OS. The fraction of sp³-hybridized carbons (Fsp3) is 0.450. The van der Waals surface area contributed by atoms with Gasteiger partial charge in [-0.3, -0.25) is 4.79 Å². The molecule has 3 rings (SSSR count). The van der Waals surface area contributed by atoms with Gasteiger partial charge >= 0.3 is 0 Å². The highest BCUT2D eigenvalue weighted by atomic mass is 32.2. The second-order valence-electron chi connectivity index (χ2n) is 6.93. The normalized spacial score (nSPS) is 17.0. The number of hydrogen-bond acceptors (Lipinski definition) is 2. The Labute approximate surface area is 148 Å². The summed E-state index contributed by atoms with van der Waals surface area (Å²) in [6, 6.07) is 12.3. The van der Waals surface area contributed by atoms with Gasteiger partial charge in [-0.15, -0.1) is 0 Å². The molecule has 0 saturated carbocycles. The molecule has 1 aliphatic rings. The van der Waals surface area contributed by atoms with Crippen LogP contribution in [0.4, 0.5) is 5.69 Å². The molecule has 24 heavy (non-hydrogen) atoms. The molecule has 1 saturated heterocycles. The van der Waals surface area contributed by atoms with Crippen LogP contribution in [0.15, 0.2) is 48.8 Å². The van der Waals surface area contributed by atoms with E-state index >= 15 is 0 Å². The van der Waals surface area contributed by atoms with Crippen LogP contribution in [0.5, 0.6) is 0 Å². The summed E-state index contributed by atoms with van der Waals surface area (Å²) in [6.45, 7) is 4.35. The van der Waals surface area contributed by atoms with Crippen LogP contribution in [0.1, 0.15) is 44.6 Å². The van der Waals surface area contributed by atoms with Crippen molar-refractivity contribution in [2.75, 3.05) is 16.8 Å². The lowest BCUT2D eigenvalue weighted by Crippen LogP contribution is -2.40. The predicted octanol–water partition coefficient (Wildman–Crippen LogP) is 4.86. The quantitative estimate of drug-likeness (QED) is 0.842. The summed E-state index contributed by atoms with van der Waals surface area (Å²) in [5.74, 6) is 2.85. The summed E-state index contributed by atoms with van der Waals surface area (Å²) in [6.07, 6.45) is 6.83. The molecule has 2 heterocycles. The van der Waals surface area contributed by atoms with E-state index in [0.717, 1.165) is 30.0 Å². The van der Waals surface area contributed by atoms with Crippen LogP contribution >= 0.6 is 11.8 Å². The molecule has 1 fully saturated rings. The summed E-state index contributed by atoms with van der Waals surface area (Å²) >= 11 is 1.98. The molecule has 0 unspecified atom stereocenters. The Bertz CT molecular complexity index is 655. The number of carbonyl (C=O) groups excluding carboxylic acids is 1. The second-order valence-corrected chi connectivity index (χ2v) is 8.15. The van der Waals surface area contributed by atoms with Crippen molar-refractivity contribution < 1.29 is 4.79 Å². The van der Waals surface area contributed by atoms with E-state index < -0.39 is 0 Å². The number of aromatic nitrogens is 1. The van der Waals surface area contributed by atoms with E-state index in [0.29, 0.717) is 12.3 Å². The van der Waals surface area contributed by atoms with Crippen molar-refractivity contribution in [3.8, 4) is 0 Å². The topological polar surface area (TPSA) is 34.0 Å². The predicted molar refractivity (Wildman–Crippen MR) is 103 cm³/mol. The average molecular weight is 343 g/mol. The van der Waals surface area contributed by atoms with Crippen molar-refractivity contribution >= 4 is 23.4 Å². The van der Waals surface area contributed by atoms with Gasteiger partial charge in [-0.1, -0.05) is 26.0 Å². The van der Waals surface area contributed by atoms with Gasteiger partial charge in [-0.2, -0.15) is 11.8 Å². The molecule has 1 amide bonds. The Balaban J connectivity index is 1.70. The number of anilines is 1. The van der Waals surface area contributed by atoms with Crippen LogP contribution in [0.2, 0.25) is 0 Å². The fourth-order valence-electron chi connectivity index (χ4n) is 3.38. The summed E-state index contributed by atoms with van der Waals surface area (Å²) < 4.78 is 2.24. The average Bonchev–Trinajstić information content (AvgIpc) is 3.11. The third-order valence-electron chi connectivity index (χ3n) is 4.93. The van der Waals surface area contributed by atoms with Gasteiger partial charge in [0.25, 0.3) is 0 Å². The number of carbonyl (C=O) groups is 1. The standard InChI is InChI=1S/C20H26N2OS/c1-16(2)17-5-7-18(8-6-17)21-19(23)15-20(9-13-24-14-10-20)22-11-3-4-12-22/h3-8,11-12,16H,9-10,13-15H2,1-2H3,(H,21,23). The molecule has 1 aliphatic heterocycles. The molecule has 2 aromatic rings. The molecule has 4 heteroatoms. The van der Waals surface area contributed by atoms with Gasteiger partial charge < -0.3 is 9.88 Å². The molecule has 1 N–H and O–H groups in total. The van der Waals surface area contributed by atoms with E-state index in [9.17, 15) is 4.79 Å². The summed E-state index contributed by atoms with van der Waals surface area (Å²) in [5.41, 5.74) is 2.11. The third-order valence-corrected chi connectivity index (χ3v) is 5.91. The van der Waals surface area contributed by atoms with Crippen LogP contribution in [0.25, 0.3) is 0 Å². The largest absolute Gasteiger partial charge is 0.348 e. The van der Waals surface area contributed by atoms with Crippen molar-refractivity contribution in [1.82, 2.24) is 4.57 Å². The Morgan fingerprint density at radius 1 is 1.17 bits per heavy atom. The monoisotopic (exact) mass is 342 g/mol. The van der Waals surface area contributed by atoms with Gasteiger partial charge in [0.1, 0.15) is 0 Å². The lowest BCUT2D eigenvalue weighted by molar-refractivity contribution is -0.118. The minimum Gasteiger partial charge on any atom is -0.348 e. The zero-order valence-corrected chi connectivity index (χ0v) is 15.3. The maximum absolute atomic E-state index is 12.7. The third kappa shape index (κ3) is 3.86. The first-order chi connectivity index (χ1) is 11.6. The smallest absolute Gasteiger partial charge is 0.226 e. The van der Waals surface area contributed by atoms with E-state index in [1.165, 1.54) is 5.56 Å². The van der Waals surface area contributed by atoms with Crippen molar-refractivity contribution in [3.05, 3.63) is 54.4 Å². The summed E-state index contributed by atoms with van der Waals surface area (Å²) in [4.78, 5) is 12.7. The number of thioether (sulfide) groups is 1. The minimum absolute atomic E-state index is 0.0727. The Morgan fingerprint density at radius 3 is 2.38 bits per heavy atom. The number of amides is 1. The van der Waals surface area contributed by atoms with E-state index in [1.807, 2.05) is 36.0 Å². The van der Waals surface area contributed by atoms with Crippen LogP contribution in [0, 0.1) is 0 Å². The van der Waals surface area contributed by atoms with Gasteiger partial charge in [0.05, 0.1) is 12.0 Å². The van der Waals surface area contributed by atoms with Gasteiger partial charge in [-0.05, 0) is 60.1 Å².